The minimum atomic E-state index is -4.00. The van der Waals surface area contributed by atoms with Crippen molar-refractivity contribution in [1.82, 2.24) is 10.2 Å². The van der Waals surface area contributed by atoms with E-state index in [4.69, 9.17) is 0 Å². The molecule has 3 aromatic rings. The summed E-state index contributed by atoms with van der Waals surface area (Å²) in [5.41, 5.74) is 3.62. The molecule has 0 aliphatic carbocycles. The van der Waals surface area contributed by atoms with Crippen LogP contribution in [0.2, 0.25) is 0 Å². The van der Waals surface area contributed by atoms with Crippen LogP contribution in [0.4, 0.5) is 5.69 Å². The molecule has 0 aromatic heterocycles. The number of aryl methyl sites for hydroxylation is 2. The molecule has 8 heteroatoms. The first-order chi connectivity index (χ1) is 18.7. The lowest BCUT2D eigenvalue weighted by Crippen LogP contribution is -2.42. The number of hydrogen-bond acceptors (Lipinski definition) is 5. The van der Waals surface area contributed by atoms with Gasteiger partial charge in [-0.1, -0.05) is 42.3 Å². The number of benzene rings is 3. The number of anilines is 1. The Kier molecular flexibility index (Phi) is 7.60. The van der Waals surface area contributed by atoms with Gasteiger partial charge in [-0.2, -0.15) is 0 Å². The van der Waals surface area contributed by atoms with Crippen LogP contribution in [0.1, 0.15) is 63.6 Å². The molecule has 0 bridgehead atoms. The maximum Gasteiger partial charge on any atom is 0.259 e. The highest BCUT2D eigenvalue weighted by molar-refractivity contribution is 7.91. The van der Waals surface area contributed by atoms with Gasteiger partial charge < -0.3 is 10.2 Å². The van der Waals surface area contributed by atoms with Crippen LogP contribution in [0.3, 0.4) is 0 Å². The number of carbonyl (C=O) groups excluding carboxylic acids is 2. The maximum atomic E-state index is 13.9. The number of hydrogen-bond donors (Lipinski definition) is 1. The monoisotopic (exact) mass is 545 g/mol. The molecule has 204 valence electrons. The van der Waals surface area contributed by atoms with E-state index in [1.54, 1.807) is 24.3 Å². The van der Waals surface area contributed by atoms with E-state index in [1.165, 1.54) is 42.4 Å². The summed E-state index contributed by atoms with van der Waals surface area (Å²) >= 11 is 0. The van der Waals surface area contributed by atoms with Gasteiger partial charge in [-0.15, -0.1) is 0 Å². The minimum absolute atomic E-state index is 0.0183. The Morgan fingerprint density at radius 3 is 2.59 bits per heavy atom. The normalized spacial score (nSPS) is 18.7. The fourth-order valence-corrected chi connectivity index (χ4v) is 7.18. The lowest BCUT2D eigenvalue weighted by atomic mass is 10.0. The van der Waals surface area contributed by atoms with Crippen LogP contribution in [0.15, 0.2) is 70.5 Å². The number of sulfone groups is 1. The molecule has 39 heavy (non-hydrogen) atoms. The van der Waals surface area contributed by atoms with Gasteiger partial charge in [-0.3, -0.25) is 14.5 Å². The average Bonchev–Trinajstić information content (AvgIpc) is 2.99. The van der Waals surface area contributed by atoms with Gasteiger partial charge in [0.2, 0.25) is 9.84 Å². The topological polar surface area (TPSA) is 86.8 Å². The van der Waals surface area contributed by atoms with E-state index in [1.807, 2.05) is 32.0 Å². The Morgan fingerprint density at radius 1 is 1.00 bits per heavy atom. The lowest BCUT2D eigenvalue weighted by Gasteiger charge is -2.33. The summed E-state index contributed by atoms with van der Waals surface area (Å²) in [6, 6.07) is 17.3. The highest BCUT2D eigenvalue weighted by Crippen LogP contribution is 2.38. The van der Waals surface area contributed by atoms with E-state index in [0.717, 1.165) is 29.8 Å². The van der Waals surface area contributed by atoms with Crippen molar-refractivity contribution in [3.63, 3.8) is 0 Å². The van der Waals surface area contributed by atoms with Crippen LogP contribution in [-0.4, -0.2) is 50.8 Å². The van der Waals surface area contributed by atoms with Gasteiger partial charge in [-0.05, 0) is 81.6 Å². The first kappa shape index (κ1) is 27.1. The third kappa shape index (κ3) is 5.36. The van der Waals surface area contributed by atoms with E-state index in [2.05, 4.69) is 17.1 Å². The van der Waals surface area contributed by atoms with Gasteiger partial charge in [0.05, 0.1) is 27.6 Å². The summed E-state index contributed by atoms with van der Waals surface area (Å²) in [4.78, 5) is 31.0. The fraction of sp³-hybridized carbons (Fsp3) is 0.355. The summed E-state index contributed by atoms with van der Waals surface area (Å²) in [5, 5.41) is 2.99. The number of carbonyl (C=O) groups is 2. The fourth-order valence-electron chi connectivity index (χ4n) is 5.55. The number of rotatable bonds is 6. The predicted octanol–water partition coefficient (Wildman–Crippen LogP) is 4.90. The molecule has 1 saturated heterocycles. The van der Waals surface area contributed by atoms with E-state index in [0.29, 0.717) is 18.2 Å². The van der Waals surface area contributed by atoms with Crippen molar-refractivity contribution in [3.8, 4) is 0 Å². The van der Waals surface area contributed by atoms with E-state index < -0.39 is 15.7 Å². The van der Waals surface area contributed by atoms with Crippen molar-refractivity contribution in [2.24, 2.45) is 0 Å². The second-order valence-electron chi connectivity index (χ2n) is 10.6. The molecule has 2 aliphatic heterocycles. The third-order valence-corrected chi connectivity index (χ3v) is 9.77. The number of nitrogens with one attached hydrogen (secondary N) is 1. The minimum Gasteiger partial charge on any atom is -0.351 e. The molecule has 2 amide bonds. The van der Waals surface area contributed by atoms with Gasteiger partial charge in [0.15, 0.2) is 0 Å². The van der Waals surface area contributed by atoms with Gasteiger partial charge in [0.25, 0.3) is 11.8 Å². The van der Waals surface area contributed by atoms with Crippen molar-refractivity contribution in [1.29, 1.82) is 0 Å². The smallest absolute Gasteiger partial charge is 0.259 e. The van der Waals surface area contributed by atoms with Crippen LogP contribution in [0.5, 0.6) is 0 Å². The first-order valence-electron chi connectivity index (χ1n) is 13.6. The summed E-state index contributed by atoms with van der Waals surface area (Å²) < 4.78 is 27.5. The van der Waals surface area contributed by atoms with Crippen molar-refractivity contribution in [2.45, 2.75) is 62.4 Å². The molecule has 2 aliphatic rings. The number of piperidine rings is 1. The van der Waals surface area contributed by atoms with Crippen molar-refractivity contribution < 1.29 is 18.0 Å². The molecule has 5 rings (SSSR count). The standard InChI is InChI=1S/C31H35N3O4S/c1-21-11-12-22(2)25(18-21)20-34-27-19-24(30(35)32-15-17-33-16-7-6-8-23(33)3)13-14-29(27)39(37,38)28-10-5-4-9-26(28)31(34)36/h4-5,9-14,18-19,23H,6-8,15-17,20H2,1-3H3,(H,32,35). The zero-order valence-electron chi connectivity index (χ0n) is 22.7. The van der Waals surface area contributed by atoms with Gasteiger partial charge in [0, 0.05) is 24.7 Å². The van der Waals surface area contributed by atoms with Crippen LogP contribution >= 0.6 is 0 Å². The molecule has 7 nitrogen and oxygen atoms in total. The third-order valence-electron chi connectivity index (χ3n) is 7.91. The zero-order chi connectivity index (χ0) is 27.7. The molecular weight excluding hydrogens is 510 g/mol. The first-order valence-corrected chi connectivity index (χ1v) is 15.0. The molecule has 0 saturated carbocycles. The SMILES string of the molecule is Cc1ccc(C)c(CN2C(=O)c3ccccc3S(=O)(=O)c3ccc(C(=O)NCCN4CCCCC4C)cc32)c1. The highest BCUT2D eigenvalue weighted by Gasteiger charge is 2.36. The number of likely N-dealkylation sites (tertiary alicyclic amines) is 1. The van der Waals surface area contributed by atoms with Crippen molar-refractivity contribution in [3.05, 3.63) is 88.5 Å². The quantitative estimate of drug-likeness (QED) is 0.476. The summed E-state index contributed by atoms with van der Waals surface area (Å²) in [7, 11) is -4.00. The number of fused-ring (bicyclic) bond motifs is 2. The molecule has 2 heterocycles. The largest absolute Gasteiger partial charge is 0.351 e. The van der Waals surface area contributed by atoms with Crippen molar-refractivity contribution in [2.75, 3.05) is 24.5 Å². The van der Waals surface area contributed by atoms with Crippen LogP contribution in [0.25, 0.3) is 0 Å². The number of nitrogens with zero attached hydrogens (tertiary/aromatic N) is 2. The van der Waals surface area contributed by atoms with E-state index >= 15 is 0 Å². The second-order valence-corrected chi connectivity index (χ2v) is 12.5. The Balaban J connectivity index is 1.51. The zero-order valence-corrected chi connectivity index (χ0v) is 23.6. The summed E-state index contributed by atoms with van der Waals surface area (Å²) in [6.45, 7) is 8.63. The molecule has 1 N–H and O–H groups in total. The maximum absolute atomic E-state index is 13.9. The summed E-state index contributed by atoms with van der Waals surface area (Å²) in [5.74, 6) is -0.703. The van der Waals surface area contributed by atoms with E-state index in [-0.39, 0.29) is 33.5 Å². The highest BCUT2D eigenvalue weighted by atomic mass is 32.2. The molecule has 0 spiro atoms. The van der Waals surface area contributed by atoms with Gasteiger partial charge >= 0.3 is 0 Å². The molecule has 1 fully saturated rings. The second kappa shape index (κ2) is 10.9. The number of amides is 2. The van der Waals surface area contributed by atoms with Crippen LogP contribution in [-0.2, 0) is 16.4 Å². The van der Waals surface area contributed by atoms with Crippen LogP contribution in [0, 0.1) is 13.8 Å². The Morgan fingerprint density at radius 2 is 1.79 bits per heavy atom. The predicted molar refractivity (Wildman–Crippen MR) is 152 cm³/mol. The molecule has 1 unspecified atom stereocenters. The van der Waals surface area contributed by atoms with E-state index in [9.17, 15) is 18.0 Å². The van der Waals surface area contributed by atoms with Gasteiger partial charge in [0.1, 0.15) is 0 Å². The molecule has 1 atom stereocenters. The van der Waals surface area contributed by atoms with Crippen LogP contribution < -0.4 is 10.2 Å². The molecular formula is C31H35N3O4S. The average molecular weight is 546 g/mol. The van der Waals surface area contributed by atoms with Gasteiger partial charge in [-0.25, -0.2) is 8.42 Å². The Bertz CT molecular complexity index is 1530. The van der Waals surface area contributed by atoms with Crippen molar-refractivity contribution >= 4 is 27.3 Å². The lowest BCUT2D eigenvalue weighted by molar-refractivity contribution is 0.0936. The Labute approximate surface area is 230 Å². The molecule has 3 aromatic carbocycles. The molecule has 0 radical (unpaired) electrons. The summed E-state index contributed by atoms with van der Waals surface area (Å²) in [6.07, 6.45) is 3.58. The Hall–Kier alpha value is -3.49.